The Morgan fingerprint density at radius 2 is 1.46 bits per heavy atom. The van der Waals surface area contributed by atoms with Crippen LogP contribution in [0.2, 0.25) is 0 Å². The van der Waals surface area contributed by atoms with E-state index in [2.05, 4.69) is 60.2 Å². The zero-order valence-electron chi connectivity index (χ0n) is 10.4. The topological polar surface area (TPSA) is 3.24 Å². The SMILES string of the molecule is C=C(CC(C)(C)N(C)C)C(C)(C)C. The van der Waals surface area contributed by atoms with Crippen LogP contribution in [-0.4, -0.2) is 24.5 Å². The Morgan fingerprint density at radius 3 is 1.69 bits per heavy atom. The van der Waals surface area contributed by atoms with Gasteiger partial charge in [0.2, 0.25) is 0 Å². The fourth-order valence-electron chi connectivity index (χ4n) is 0.945. The highest BCUT2D eigenvalue weighted by Crippen LogP contribution is 2.31. The summed E-state index contributed by atoms with van der Waals surface area (Å²) in [5.74, 6) is 0. The molecule has 0 aromatic carbocycles. The van der Waals surface area contributed by atoms with Gasteiger partial charge in [0.25, 0.3) is 0 Å². The van der Waals surface area contributed by atoms with Crippen LogP contribution in [0.4, 0.5) is 0 Å². The van der Waals surface area contributed by atoms with Crippen molar-refractivity contribution in [2.75, 3.05) is 14.1 Å². The first-order valence-electron chi connectivity index (χ1n) is 4.93. The minimum atomic E-state index is 0.213. The van der Waals surface area contributed by atoms with E-state index in [9.17, 15) is 0 Å². The van der Waals surface area contributed by atoms with E-state index in [1.165, 1.54) is 5.57 Å². The van der Waals surface area contributed by atoms with Crippen LogP contribution in [0.1, 0.15) is 41.0 Å². The molecule has 1 heteroatoms. The van der Waals surface area contributed by atoms with Crippen LogP contribution >= 0.6 is 0 Å². The van der Waals surface area contributed by atoms with Gasteiger partial charge in [-0.25, -0.2) is 0 Å². The van der Waals surface area contributed by atoms with Crippen LogP contribution in [0.3, 0.4) is 0 Å². The highest BCUT2D eigenvalue weighted by Gasteiger charge is 2.25. The second-order valence-corrected chi connectivity index (χ2v) is 5.74. The lowest BCUT2D eigenvalue weighted by molar-refractivity contribution is 0.186. The Hall–Kier alpha value is -0.300. The molecule has 0 radical (unpaired) electrons. The van der Waals surface area contributed by atoms with E-state index < -0.39 is 0 Å². The first kappa shape index (κ1) is 12.7. The molecule has 0 bridgehead atoms. The van der Waals surface area contributed by atoms with Crippen LogP contribution in [0.15, 0.2) is 12.2 Å². The molecule has 0 aliphatic carbocycles. The molecule has 0 rings (SSSR count). The Bertz CT molecular complexity index is 182. The maximum absolute atomic E-state index is 4.17. The van der Waals surface area contributed by atoms with E-state index >= 15 is 0 Å². The van der Waals surface area contributed by atoms with Gasteiger partial charge in [0.15, 0.2) is 0 Å². The molecule has 0 atom stereocenters. The van der Waals surface area contributed by atoms with Crippen molar-refractivity contribution >= 4 is 0 Å². The Morgan fingerprint density at radius 1 is 1.08 bits per heavy atom. The van der Waals surface area contributed by atoms with E-state index in [-0.39, 0.29) is 11.0 Å². The van der Waals surface area contributed by atoms with Crippen LogP contribution < -0.4 is 0 Å². The maximum atomic E-state index is 4.17. The van der Waals surface area contributed by atoms with Crippen LogP contribution in [0, 0.1) is 5.41 Å². The summed E-state index contributed by atoms with van der Waals surface area (Å²) in [7, 11) is 4.24. The highest BCUT2D eigenvalue weighted by molar-refractivity contribution is 5.09. The van der Waals surface area contributed by atoms with Crippen molar-refractivity contribution in [1.82, 2.24) is 4.90 Å². The third-order valence-electron chi connectivity index (χ3n) is 2.92. The van der Waals surface area contributed by atoms with E-state index in [1.54, 1.807) is 0 Å². The molecule has 0 aliphatic heterocycles. The van der Waals surface area contributed by atoms with Crippen LogP contribution in [-0.2, 0) is 0 Å². The summed E-state index contributed by atoms with van der Waals surface area (Å²) in [5.41, 5.74) is 1.77. The minimum Gasteiger partial charge on any atom is -0.304 e. The fraction of sp³-hybridized carbons (Fsp3) is 0.833. The third kappa shape index (κ3) is 3.95. The lowest BCUT2D eigenvalue weighted by Gasteiger charge is -2.36. The molecule has 13 heavy (non-hydrogen) atoms. The van der Waals surface area contributed by atoms with Gasteiger partial charge < -0.3 is 4.90 Å². The zero-order valence-corrected chi connectivity index (χ0v) is 10.4. The van der Waals surface area contributed by atoms with Gasteiger partial charge in [-0.2, -0.15) is 0 Å². The van der Waals surface area contributed by atoms with Gasteiger partial charge >= 0.3 is 0 Å². The van der Waals surface area contributed by atoms with Gasteiger partial charge in [-0.15, -0.1) is 0 Å². The quantitative estimate of drug-likeness (QED) is 0.607. The van der Waals surface area contributed by atoms with Crippen LogP contribution in [0.25, 0.3) is 0 Å². The van der Waals surface area contributed by atoms with Gasteiger partial charge in [0.05, 0.1) is 0 Å². The van der Waals surface area contributed by atoms with E-state index in [1.807, 2.05) is 0 Å². The number of hydrogen-bond donors (Lipinski definition) is 0. The second-order valence-electron chi connectivity index (χ2n) is 5.74. The van der Waals surface area contributed by atoms with Crippen molar-refractivity contribution in [3.8, 4) is 0 Å². The largest absolute Gasteiger partial charge is 0.304 e. The average molecular weight is 183 g/mol. The highest BCUT2D eigenvalue weighted by atomic mass is 15.1. The lowest BCUT2D eigenvalue weighted by atomic mass is 9.80. The van der Waals surface area contributed by atoms with Gasteiger partial charge in [-0.1, -0.05) is 32.9 Å². The molecule has 0 saturated heterocycles. The summed E-state index contributed by atoms with van der Waals surface area (Å²) in [6.07, 6.45) is 1.06. The minimum absolute atomic E-state index is 0.213. The van der Waals surface area contributed by atoms with Gasteiger partial charge in [-0.3, -0.25) is 0 Å². The van der Waals surface area contributed by atoms with Gasteiger partial charge in [0, 0.05) is 5.54 Å². The zero-order chi connectivity index (χ0) is 10.9. The van der Waals surface area contributed by atoms with E-state index in [0.717, 1.165) is 6.42 Å². The first-order valence-corrected chi connectivity index (χ1v) is 4.93. The van der Waals surface area contributed by atoms with E-state index in [0.29, 0.717) is 0 Å². The molecule has 0 amide bonds. The first-order chi connectivity index (χ1) is 5.57. The fourth-order valence-corrected chi connectivity index (χ4v) is 0.945. The van der Waals surface area contributed by atoms with Crippen molar-refractivity contribution < 1.29 is 0 Å². The molecule has 0 fully saturated rings. The average Bonchev–Trinajstić information content (AvgIpc) is 1.83. The molecule has 0 aromatic rings. The third-order valence-corrected chi connectivity index (χ3v) is 2.92. The molecule has 0 spiro atoms. The summed E-state index contributed by atoms with van der Waals surface area (Å²) < 4.78 is 0. The molecule has 0 aromatic heterocycles. The van der Waals surface area contributed by atoms with Crippen molar-refractivity contribution in [1.29, 1.82) is 0 Å². The molecule has 1 nitrogen and oxygen atoms in total. The summed E-state index contributed by atoms with van der Waals surface area (Å²) >= 11 is 0. The Labute approximate surface area is 83.8 Å². The number of nitrogens with zero attached hydrogens (tertiary/aromatic N) is 1. The van der Waals surface area contributed by atoms with Crippen molar-refractivity contribution in [3.05, 3.63) is 12.2 Å². The maximum Gasteiger partial charge on any atom is 0.0184 e. The van der Waals surface area contributed by atoms with Crippen molar-refractivity contribution in [2.45, 2.75) is 46.6 Å². The predicted molar refractivity (Wildman–Crippen MR) is 61.0 cm³/mol. The normalized spacial score (nSPS) is 13.5. The van der Waals surface area contributed by atoms with Gasteiger partial charge in [-0.05, 0) is 39.8 Å². The predicted octanol–water partition coefficient (Wildman–Crippen LogP) is 3.32. The molecule has 0 heterocycles. The molecular weight excluding hydrogens is 158 g/mol. The molecule has 0 saturated carbocycles. The van der Waals surface area contributed by atoms with E-state index in [4.69, 9.17) is 0 Å². The molecule has 0 N–H and O–H groups in total. The van der Waals surface area contributed by atoms with Gasteiger partial charge in [0.1, 0.15) is 0 Å². The molecule has 78 valence electrons. The van der Waals surface area contributed by atoms with Crippen molar-refractivity contribution in [2.24, 2.45) is 5.41 Å². The molecule has 0 unspecified atom stereocenters. The lowest BCUT2D eigenvalue weighted by Crippen LogP contribution is -2.39. The Kier molecular flexibility index (Phi) is 3.74. The smallest absolute Gasteiger partial charge is 0.0184 e. The second kappa shape index (κ2) is 3.83. The standard InChI is InChI=1S/C12H25N/c1-10(11(2,3)4)9-12(5,6)13(7)8/h1,9H2,2-8H3. The summed E-state index contributed by atoms with van der Waals surface area (Å²) in [6.45, 7) is 15.3. The molecular formula is C12H25N. The Balaban J connectivity index is 4.38. The summed E-state index contributed by atoms with van der Waals surface area (Å²) in [4.78, 5) is 2.25. The molecule has 0 aliphatic rings. The van der Waals surface area contributed by atoms with Crippen molar-refractivity contribution in [3.63, 3.8) is 0 Å². The monoisotopic (exact) mass is 183 g/mol. The number of hydrogen-bond acceptors (Lipinski definition) is 1. The number of rotatable bonds is 3. The summed E-state index contributed by atoms with van der Waals surface area (Å²) in [5, 5.41) is 0. The van der Waals surface area contributed by atoms with Crippen LogP contribution in [0.5, 0.6) is 0 Å². The summed E-state index contributed by atoms with van der Waals surface area (Å²) in [6, 6.07) is 0.